The minimum absolute atomic E-state index is 0.182. The molecule has 0 atom stereocenters. The van der Waals surface area contributed by atoms with E-state index >= 15 is 0 Å². The number of fused-ring (bicyclic) bond motifs is 1. The average molecular weight is 281 g/mol. The van der Waals surface area contributed by atoms with E-state index in [9.17, 15) is 9.90 Å². The molecule has 1 aliphatic rings. The van der Waals surface area contributed by atoms with Gasteiger partial charge in [0.2, 0.25) is 0 Å². The fourth-order valence-corrected chi connectivity index (χ4v) is 2.44. The monoisotopic (exact) mass is 281 g/mol. The van der Waals surface area contributed by atoms with Crippen LogP contribution in [-0.4, -0.2) is 26.2 Å². The van der Waals surface area contributed by atoms with E-state index in [4.69, 9.17) is 4.52 Å². The highest BCUT2D eigenvalue weighted by molar-refractivity contribution is 6.03. The second-order valence-corrected chi connectivity index (χ2v) is 5.12. The van der Waals surface area contributed by atoms with Gasteiger partial charge in [0.25, 0.3) is 5.71 Å². The maximum absolute atomic E-state index is 11.6. The summed E-state index contributed by atoms with van der Waals surface area (Å²) in [5.41, 5.74) is 2.43. The zero-order valence-corrected chi connectivity index (χ0v) is 11.0. The molecule has 0 unspecified atom stereocenters. The van der Waals surface area contributed by atoms with Gasteiger partial charge in [-0.25, -0.2) is 9.78 Å². The Morgan fingerprint density at radius 3 is 2.90 bits per heavy atom. The van der Waals surface area contributed by atoms with Crippen molar-refractivity contribution in [2.75, 3.05) is 0 Å². The number of hydrogen-bond donors (Lipinski definition) is 1. The van der Waals surface area contributed by atoms with Crippen molar-refractivity contribution in [1.82, 2.24) is 15.1 Å². The van der Waals surface area contributed by atoms with Gasteiger partial charge in [0.1, 0.15) is 0 Å². The summed E-state index contributed by atoms with van der Waals surface area (Å²) in [5, 5.41) is 14.0. The summed E-state index contributed by atoms with van der Waals surface area (Å²) >= 11 is 0. The van der Waals surface area contributed by atoms with Crippen molar-refractivity contribution in [3.63, 3.8) is 0 Å². The quantitative estimate of drug-likeness (QED) is 0.794. The van der Waals surface area contributed by atoms with Gasteiger partial charge in [-0.05, 0) is 31.0 Å². The van der Waals surface area contributed by atoms with E-state index in [1.54, 1.807) is 24.5 Å². The van der Waals surface area contributed by atoms with E-state index in [2.05, 4.69) is 15.1 Å². The lowest BCUT2D eigenvalue weighted by Crippen LogP contribution is -2.00. The van der Waals surface area contributed by atoms with E-state index in [-0.39, 0.29) is 11.3 Å². The molecule has 104 valence electrons. The number of rotatable bonds is 3. The zero-order chi connectivity index (χ0) is 14.4. The van der Waals surface area contributed by atoms with Crippen LogP contribution in [0.3, 0.4) is 0 Å². The number of nitrogens with zero attached hydrogens (tertiary/aromatic N) is 3. The summed E-state index contributed by atoms with van der Waals surface area (Å²) < 4.78 is 5.26. The van der Waals surface area contributed by atoms with E-state index in [1.807, 2.05) is 6.07 Å². The van der Waals surface area contributed by atoms with Gasteiger partial charge in [-0.1, -0.05) is 5.16 Å². The second kappa shape index (κ2) is 4.37. The van der Waals surface area contributed by atoms with Gasteiger partial charge in [-0.2, -0.15) is 0 Å². The Hall–Kier alpha value is -2.76. The predicted octanol–water partition coefficient (Wildman–Crippen LogP) is 2.86. The lowest BCUT2D eigenvalue weighted by atomic mass is 10.1. The Bertz CT molecular complexity index is 838. The smallest absolute Gasteiger partial charge is 0.336 e. The van der Waals surface area contributed by atoms with Gasteiger partial charge < -0.3 is 9.63 Å². The first-order valence-electron chi connectivity index (χ1n) is 6.68. The van der Waals surface area contributed by atoms with Gasteiger partial charge in [0, 0.05) is 23.9 Å². The largest absolute Gasteiger partial charge is 0.478 e. The molecule has 6 nitrogen and oxygen atoms in total. The van der Waals surface area contributed by atoms with Gasteiger partial charge in [-0.15, -0.1) is 0 Å². The fourth-order valence-electron chi connectivity index (χ4n) is 2.44. The van der Waals surface area contributed by atoms with Crippen LogP contribution in [0.5, 0.6) is 0 Å². The Morgan fingerprint density at radius 2 is 2.24 bits per heavy atom. The number of carbonyl (C=O) groups is 1. The van der Waals surface area contributed by atoms with E-state index in [0.717, 1.165) is 18.4 Å². The Labute approximate surface area is 119 Å². The van der Waals surface area contributed by atoms with Crippen LogP contribution in [0.4, 0.5) is 0 Å². The number of carboxylic acids is 1. The SMILES string of the molecule is O=C(O)c1cc(-c2cccnc2)nc2onc(C3CC3)c12. The van der Waals surface area contributed by atoms with Crippen molar-refractivity contribution in [3.05, 3.63) is 41.9 Å². The molecule has 1 saturated carbocycles. The summed E-state index contributed by atoms with van der Waals surface area (Å²) in [6.07, 6.45) is 5.33. The molecule has 1 N–H and O–H groups in total. The van der Waals surface area contributed by atoms with Crippen LogP contribution in [0.25, 0.3) is 22.4 Å². The molecular formula is C15H11N3O3. The molecule has 21 heavy (non-hydrogen) atoms. The van der Waals surface area contributed by atoms with E-state index in [0.29, 0.717) is 22.7 Å². The van der Waals surface area contributed by atoms with Crippen LogP contribution in [0.1, 0.15) is 34.8 Å². The second-order valence-electron chi connectivity index (χ2n) is 5.12. The third-order valence-electron chi connectivity index (χ3n) is 3.62. The normalized spacial score (nSPS) is 14.5. The maximum atomic E-state index is 11.6. The summed E-state index contributed by atoms with van der Waals surface area (Å²) in [6, 6.07) is 5.16. The third-order valence-corrected chi connectivity index (χ3v) is 3.62. The van der Waals surface area contributed by atoms with Crippen LogP contribution in [0.15, 0.2) is 35.1 Å². The molecule has 0 aliphatic heterocycles. The lowest BCUT2D eigenvalue weighted by molar-refractivity contribution is 0.0699. The first-order valence-corrected chi connectivity index (χ1v) is 6.68. The van der Waals surface area contributed by atoms with Crippen LogP contribution >= 0.6 is 0 Å². The summed E-state index contributed by atoms with van der Waals surface area (Å²) in [5.74, 6) is -0.701. The molecular weight excluding hydrogens is 270 g/mol. The minimum atomic E-state index is -1.00. The highest BCUT2D eigenvalue weighted by Crippen LogP contribution is 2.43. The van der Waals surface area contributed by atoms with Crippen molar-refractivity contribution in [3.8, 4) is 11.3 Å². The van der Waals surface area contributed by atoms with E-state index in [1.165, 1.54) is 0 Å². The number of carboxylic acid groups (broad SMARTS) is 1. The summed E-state index contributed by atoms with van der Waals surface area (Å²) in [6.45, 7) is 0. The molecule has 3 aromatic heterocycles. The summed E-state index contributed by atoms with van der Waals surface area (Å²) in [7, 11) is 0. The molecule has 0 saturated heterocycles. The van der Waals surface area contributed by atoms with Crippen LogP contribution in [0, 0.1) is 0 Å². The topological polar surface area (TPSA) is 89.1 Å². The fraction of sp³-hybridized carbons (Fsp3) is 0.200. The van der Waals surface area contributed by atoms with Crippen LogP contribution < -0.4 is 0 Å². The Kier molecular flexibility index (Phi) is 2.50. The molecule has 6 heteroatoms. The zero-order valence-electron chi connectivity index (χ0n) is 11.0. The maximum Gasteiger partial charge on any atom is 0.336 e. The standard InChI is InChI=1S/C15H11N3O3/c19-15(20)10-6-11(9-2-1-5-16-7-9)17-14-12(10)13(18-21-14)8-3-4-8/h1-2,5-8H,3-4H2,(H,19,20). The Morgan fingerprint density at radius 1 is 1.38 bits per heavy atom. The number of aromatic nitrogens is 3. The van der Waals surface area contributed by atoms with Crippen molar-refractivity contribution in [1.29, 1.82) is 0 Å². The molecule has 3 heterocycles. The average Bonchev–Trinajstić information content (AvgIpc) is 3.26. The van der Waals surface area contributed by atoms with Crippen molar-refractivity contribution < 1.29 is 14.4 Å². The predicted molar refractivity (Wildman–Crippen MR) is 74.0 cm³/mol. The van der Waals surface area contributed by atoms with Gasteiger partial charge in [0.15, 0.2) is 0 Å². The highest BCUT2D eigenvalue weighted by atomic mass is 16.5. The van der Waals surface area contributed by atoms with Gasteiger partial charge >= 0.3 is 5.97 Å². The van der Waals surface area contributed by atoms with Gasteiger partial charge in [0.05, 0.1) is 22.3 Å². The first-order chi connectivity index (χ1) is 10.2. The molecule has 0 bridgehead atoms. The molecule has 3 aromatic rings. The van der Waals surface area contributed by atoms with E-state index < -0.39 is 5.97 Å². The number of hydrogen-bond acceptors (Lipinski definition) is 5. The lowest BCUT2D eigenvalue weighted by Gasteiger charge is -2.03. The number of pyridine rings is 2. The molecule has 4 rings (SSSR count). The molecule has 1 aliphatic carbocycles. The Balaban J connectivity index is 1.98. The molecule has 0 amide bonds. The van der Waals surface area contributed by atoms with Crippen molar-refractivity contribution >= 4 is 17.1 Å². The molecule has 0 spiro atoms. The van der Waals surface area contributed by atoms with Crippen LogP contribution in [-0.2, 0) is 0 Å². The van der Waals surface area contributed by atoms with Crippen LogP contribution in [0.2, 0.25) is 0 Å². The number of aromatic carboxylic acids is 1. The molecule has 0 aromatic carbocycles. The minimum Gasteiger partial charge on any atom is -0.478 e. The third kappa shape index (κ3) is 1.96. The summed E-state index contributed by atoms with van der Waals surface area (Å²) in [4.78, 5) is 20.0. The highest BCUT2D eigenvalue weighted by Gasteiger charge is 2.32. The van der Waals surface area contributed by atoms with Crippen molar-refractivity contribution in [2.45, 2.75) is 18.8 Å². The first kappa shape index (κ1) is 12.0. The van der Waals surface area contributed by atoms with Crippen molar-refractivity contribution in [2.24, 2.45) is 0 Å². The molecule has 1 fully saturated rings. The molecule has 0 radical (unpaired) electrons. The van der Waals surface area contributed by atoms with Gasteiger partial charge in [-0.3, -0.25) is 4.98 Å².